The molecule has 0 saturated carbocycles. The van der Waals surface area contributed by atoms with E-state index in [1.165, 1.54) is 12.8 Å². The Morgan fingerprint density at radius 1 is 1.45 bits per heavy atom. The summed E-state index contributed by atoms with van der Waals surface area (Å²) in [6.07, 6.45) is 3.38. The van der Waals surface area contributed by atoms with Crippen molar-refractivity contribution in [3.8, 4) is 5.75 Å². The van der Waals surface area contributed by atoms with Gasteiger partial charge < -0.3 is 15.2 Å². The molecule has 0 spiro atoms. The summed E-state index contributed by atoms with van der Waals surface area (Å²) in [5, 5.41) is 12.4. The molecule has 0 unspecified atom stereocenters. The Labute approximate surface area is 132 Å². The number of likely N-dealkylation sites (tertiary alicyclic amines) is 1. The highest BCUT2D eigenvalue weighted by atomic mass is 16.5. The van der Waals surface area contributed by atoms with Crippen LogP contribution in [0.15, 0.2) is 18.2 Å². The zero-order valence-electron chi connectivity index (χ0n) is 13.5. The lowest BCUT2D eigenvalue weighted by Crippen LogP contribution is -2.45. The van der Waals surface area contributed by atoms with E-state index in [1.54, 1.807) is 7.11 Å². The van der Waals surface area contributed by atoms with Gasteiger partial charge in [-0.25, -0.2) is 0 Å². The maximum absolute atomic E-state index is 12.3. The number of hydrogen-bond acceptors (Lipinski definition) is 4. The van der Waals surface area contributed by atoms with E-state index in [0.717, 1.165) is 30.8 Å². The van der Waals surface area contributed by atoms with Crippen LogP contribution in [0.4, 0.5) is 0 Å². The smallest absolute Gasteiger partial charge is 0.251 e. The number of carbonyl (C=O) groups excluding carboxylic acids is 1. The fraction of sp³-hybridized carbons (Fsp3) is 0.588. The monoisotopic (exact) mass is 306 g/mol. The highest BCUT2D eigenvalue weighted by Crippen LogP contribution is 2.20. The SMILES string of the molecule is COc1cccc(C(=O)NCCN2CCCC[C@H]2CO)c1C. The van der Waals surface area contributed by atoms with Gasteiger partial charge in [0.1, 0.15) is 5.75 Å². The van der Waals surface area contributed by atoms with Gasteiger partial charge in [0.15, 0.2) is 0 Å². The fourth-order valence-corrected chi connectivity index (χ4v) is 3.05. The molecule has 0 bridgehead atoms. The van der Waals surface area contributed by atoms with E-state index in [4.69, 9.17) is 4.74 Å². The molecule has 1 heterocycles. The molecule has 0 aromatic heterocycles. The van der Waals surface area contributed by atoms with Crippen LogP contribution >= 0.6 is 0 Å². The van der Waals surface area contributed by atoms with Gasteiger partial charge in [0.2, 0.25) is 0 Å². The first-order valence-electron chi connectivity index (χ1n) is 7.94. The zero-order chi connectivity index (χ0) is 15.9. The van der Waals surface area contributed by atoms with Crippen LogP contribution in [0.1, 0.15) is 35.2 Å². The number of ether oxygens (including phenoxy) is 1. The van der Waals surface area contributed by atoms with Crippen LogP contribution in [-0.2, 0) is 0 Å². The zero-order valence-corrected chi connectivity index (χ0v) is 13.5. The van der Waals surface area contributed by atoms with Crippen LogP contribution in [0.25, 0.3) is 0 Å². The lowest BCUT2D eigenvalue weighted by Gasteiger charge is -2.34. The molecule has 1 atom stereocenters. The summed E-state index contributed by atoms with van der Waals surface area (Å²) in [6.45, 7) is 4.45. The summed E-state index contributed by atoms with van der Waals surface area (Å²) in [6, 6.07) is 5.73. The van der Waals surface area contributed by atoms with Crippen molar-refractivity contribution >= 4 is 5.91 Å². The van der Waals surface area contributed by atoms with Gasteiger partial charge in [-0.3, -0.25) is 9.69 Å². The lowest BCUT2D eigenvalue weighted by atomic mass is 10.0. The minimum absolute atomic E-state index is 0.0750. The minimum atomic E-state index is -0.0750. The summed E-state index contributed by atoms with van der Waals surface area (Å²) in [5.41, 5.74) is 1.51. The second kappa shape index (κ2) is 8.15. The summed E-state index contributed by atoms with van der Waals surface area (Å²) in [5.74, 6) is 0.651. The van der Waals surface area contributed by atoms with Gasteiger partial charge >= 0.3 is 0 Å². The van der Waals surface area contributed by atoms with Gasteiger partial charge in [-0.1, -0.05) is 12.5 Å². The second-order valence-electron chi connectivity index (χ2n) is 5.76. The van der Waals surface area contributed by atoms with Crippen molar-refractivity contribution < 1.29 is 14.6 Å². The van der Waals surface area contributed by atoms with Crippen LogP contribution < -0.4 is 10.1 Å². The molecule has 0 aliphatic carbocycles. The quantitative estimate of drug-likeness (QED) is 0.838. The van der Waals surface area contributed by atoms with E-state index >= 15 is 0 Å². The van der Waals surface area contributed by atoms with Gasteiger partial charge in [0.25, 0.3) is 5.91 Å². The topological polar surface area (TPSA) is 61.8 Å². The Kier molecular flexibility index (Phi) is 6.21. The predicted molar refractivity (Wildman–Crippen MR) is 86.4 cm³/mol. The van der Waals surface area contributed by atoms with Gasteiger partial charge in [-0.05, 0) is 38.4 Å². The molecule has 1 fully saturated rings. The number of piperidine rings is 1. The van der Waals surface area contributed by atoms with Crippen molar-refractivity contribution in [1.29, 1.82) is 0 Å². The molecule has 1 aromatic rings. The van der Waals surface area contributed by atoms with E-state index < -0.39 is 0 Å². The summed E-state index contributed by atoms with van der Waals surface area (Å²) in [7, 11) is 1.61. The van der Waals surface area contributed by atoms with Crippen LogP contribution in [0.5, 0.6) is 5.75 Å². The predicted octanol–water partition coefficient (Wildman–Crippen LogP) is 1.58. The van der Waals surface area contributed by atoms with Crippen LogP contribution in [0.2, 0.25) is 0 Å². The molecule has 1 aliphatic heterocycles. The molecule has 0 radical (unpaired) electrons. The van der Waals surface area contributed by atoms with Crippen molar-refractivity contribution in [2.45, 2.75) is 32.2 Å². The molecular formula is C17H26N2O3. The summed E-state index contributed by atoms with van der Waals surface area (Å²) < 4.78 is 5.25. The summed E-state index contributed by atoms with van der Waals surface area (Å²) in [4.78, 5) is 14.6. The fourth-order valence-electron chi connectivity index (χ4n) is 3.05. The highest BCUT2D eigenvalue weighted by Gasteiger charge is 2.21. The Morgan fingerprint density at radius 2 is 2.27 bits per heavy atom. The summed E-state index contributed by atoms with van der Waals surface area (Å²) >= 11 is 0. The molecule has 5 nitrogen and oxygen atoms in total. The minimum Gasteiger partial charge on any atom is -0.496 e. The molecule has 1 amide bonds. The number of benzene rings is 1. The van der Waals surface area contributed by atoms with Gasteiger partial charge in [-0.15, -0.1) is 0 Å². The average Bonchev–Trinajstić information content (AvgIpc) is 2.55. The molecule has 122 valence electrons. The molecular weight excluding hydrogens is 280 g/mol. The first kappa shape index (κ1) is 16.8. The molecule has 5 heteroatoms. The second-order valence-corrected chi connectivity index (χ2v) is 5.76. The molecule has 1 aliphatic rings. The lowest BCUT2D eigenvalue weighted by molar-refractivity contribution is 0.0848. The molecule has 2 rings (SSSR count). The third-order valence-electron chi connectivity index (χ3n) is 4.39. The largest absolute Gasteiger partial charge is 0.496 e. The standard InChI is InChI=1S/C17H26N2O3/c1-13-15(7-5-8-16(13)22-2)17(21)18-9-11-19-10-4-3-6-14(19)12-20/h5,7-8,14,20H,3-4,6,9-12H2,1-2H3,(H,18,21)/t14-/m0/s1. The van der Waals surface area contributed by atoms with Crippen LogP contribution in [0.3, 0.4) is 0 Å². The number of nitrogens with zero attached hydrogens (tertiary/aromatic N) is 1. The van der Waals surface area contributed by atoms with Crippen LogP contribution in [-0.4, -0.2) is 55.3 Å². The molecule has 1 aromatic carbocycles. The average molecular weight is 306 g/mol. The third-order valence-corrected chi connectivity index (χ3v) is 4.39. The number of hydrogen-bond donors (Lipinski definition) is 2. The van der Waals surface area contributed by atoms with E-state index in [2.05, 4.69) is 10.2 Å². The van der Waals surface area contributed by atoms with Crippen molar-refractivity contribution in [2.75, 3.05) is 33.4 Å². The maximum Gasteiger partial charge on any atom is 0.251 e. The molecule has 1 saturated heterocycles. The number of methoxy groups -OCH3 is 1. The number of carbonyl (C=O) groups is 1. The molecule has 22 heavy (non-hydrogen) atoms. The van der Waals surface area contributed by atoms with E-state index in [9.17, 15) is 9.90 Å². The number of rotatable bonds is 6. The third kappa shape index (κ3) is 3.99. The van der Waals surface area contributed by atoms with Gasteiger partial charge in [-0.2, -0.15) is 0 Å². The highest BCUT2D eigenvalue weighted by molar-refractivity contribution is 5.96. The van der Waals surface area contributed by atoms with E-state index in [-0.39, 0.29) is 18.6 Å². The Morgan fingerprint density at radius 3 is 3.00 bits per heavy atom. The molecule has 2 N–H and O–H groups in total. The van der Waals surface area contributed by atoms with E-state index in [0.29, 0.717) is 12.1 Å². The van der Waals surface area contributed by atoms with Crippen LogP contribution in [0, 0.1) is 6.92 Å². The Bertz CT molecular complexity index is 505. The Hall–Kier alpha value is -1.59. The number of nitrogens with one attached hydrogen (secondary N) is 1. The Balaban J connectivity index is 1.87. The number of amides is 1. The maximum atomic E-state index is 12.3. The number of aliphatic hydroxyl groups excluding tert-OH is 1. The van der Waals surface area contributed by atoms with Crippen molar-refractivity contribution in [2.24, 2.45) is 0 Å². The van der Waals surface area contributed by atoms with Crippen molar-refractivity contribution in [3.05, 3.63) is 29.3 Å². The van der Waals surface area contributed by atoms with Gasteiger partial charge in [0.05, 0.1) is 13.7 Å². The first-order valence-corrected chi connectivity index (χ1v) is 7.94. The van der Waals surface area contributed by atoms with Gasteiger partial charge in [0, 0.05) is 30.3 Å². The number of aliphatic hydroxyl groups is 1. The normalized spacial score (nSPS) is 19.0. The van der Waals surface area contributed by atoms with Crippen molar-refractivity contribution in [1.82, 2.24) is 10.2 Å². The first-order chi connectivity index (χ1) is 10.7. The van der Waals surface area contributed by atoms with Crippen molar-refractivity contribution in [3.63, 3.8) is 0 Å². The van der Waals surface area contributed by atoms with E-state index in [1.807, 2.05) is 25.1 Å².